The predicted octanol–water partition coefficient (Wildman–Crippen LogP) is 4.75. The van der Waals surface area contributed by atoms with Crippen LogP contribution in [0.3, 0.4) is 0 Å². The van der Waals surface area contributed by atoms with Crippen LogP contribution in [0.5, 0.6) is 0 Å². The molecule has 0 aliphatic carbocycles. The summed E-state index contributed by atoms with van der Waals surface area (Å²) in [6, 6.07) is 15.4. The van der Waals surface area contributed by atoms with Gasteiger partial charge >= 0.3 is 6.03 Å². The van der Waals surface area contributed by atoms with E-state index in [0.29, 0.717) is 17.3 Å². The first kappa shape index (κ1) is 16.4. The lowest BCUT2D eigenvalue weighted by Gasteiger charge is -2.25. The number of carbonyl (C=O) groups excluding carboxylic acids is 1. The molecule has 0 unspecified atom stereocenters. The number of urea groups is 1. The fraction of sp³-hybridized carbons (Fsp3) is 0.278. The zero-order chi connectivity index (χ0) is 16.2. The van der Waals surface area contributed by atoms with E-state index < -0.39 is 0 Å². The van der Waals surface area contributed by atoms with E-state index in [1.54, 1.807) is 6.07 Å². The van der Waals surface area contributed by atoms with Crippen LogP contribution < -0.4 is 10.6 Å². The number of hydrogen-bond donors (Lipinski definition) is 2. The molecule has 0 aliphatic heterocycles. The van der Waals surface area contributed by atoms with Crippen LogP contribution in [0.4, 0.5) is 10.5 Å². The molecule has 2 amide bonds. The van der Waals surface area contributed by atoms with Crippen molar-refractivity contribution >= 4 is 23.3 Å². The molecule has 0 heterocycles. The summed E-state index contributed by atoms with van der Waals surface area (Å²) in [7, 11) is 0. The molecule has 0 aliphatic rings. The third-order valence-corrected chi connectivity index (χ3v) is 4.08. The number of nitrogens with one attached hydrogen (secondary N) is 2. The fourth-order valence-corrected chi connectivity index (χ4v) is 2.32. The number of halogens is 1. The Kier molecular flexibility index (Phi) is 5.09. The summed E-state index contributed by atoms with van der Waals surface area (Å²) in [5.74, 6) is 0. The minimum Gasteiger partial charge on any atom is -0.337 e. The lowest BCUT2D eigenvalue weighted by atomic mass is 9.85. The van der Waals surface area contributed by atoms with Crippen LogP contribution >= 0.6 is 11.6 Å². The average Bonchev–Trinajstić information content (AvgIpc) is 2.50. The second-order valence-corrected chi connectivity index (χ2v) is 6.43. The van der Waals surface area contributed by atoms with E-state index in [0.717, 1.165) is 5.56 Å². The standard InChI is InChI=1S/C18H21ClN2O/c1-13-9-10-15(11-16(13)19)21-17(22)20-12-18(2,3)14-7-5-4-6-8-14/h4-11H,12H2,1-3H3,(H2,20,21,22). The SMILES string of the molecule is Cc1ccc(NC(=O)NCC(C)(C)c2ccccc2)cc1Cl. The van der Waals surface area contributed by atoms with Crippen LogP contribution in [0.2, 0.25) is 5.02 Å². The Morgan fingerprint density at radius 2 is 1.82 bits per heavy atom. The largest absolute Gasteiger partial charge is 0.337 e. The number of benzene rings is 2. The molecule has 0 spiro atoms. The van der Waals surface area contributed by atoms with Crippen molar-refractivity contribution in [1.29, 1.82) is 0 Å². The van der Waals surface area contributed by atoms with Gasteiger partial charge in [0.2, 0.25) is 0 Å². The number of carbonyl (C=O) groups is 1. The zero-order valence-electron chi connectivity index (χ0n) is 13.1. The summed E-state index contributed by atoms with van der Waals surface area (Å²) in [6.07, 6.45) is 0. The number of amides is 2. The zero-order valence-corrected chi connectivity index (χ0v) is 13.9. The van der Waals surface area contributed by atoms with E-state index in [4.69, 9.17) is 11.6 Å². The van der Waals surface area contributed by atoms with Gasteiger partial charge in [-0.15, -0.1) is 0 Å². The minimum absolute atomic E-state index is 0.135. The highest BCUT2D eigenvalue weighted by atomic mass is 35.5. The quantitative estimate of drug-likeness (QED) is 0.839. The summed E-state index contributed by atoms with van der Waals surface area (Å²) < 4.78 is 0. The highest BCUT2D eigenvalue weighted by Crippen LogP contribution is 2.22. The van der Waals surface area contributed by atoms with Gasteiger partial charge in [0.15, 0.2) is 0 Å². The van der Waals surface area contributed by atoms with Crippen LogP contribution in [0.1, 0.15) is 25.0 Å². The van der Waals surface area contributed by atoms with E-state index >= 15 is 0 Å². The third-order valence-electron chi connectivity index (χ3n) is 3.68. The molecule has 3 nitrogen and oxygen atoms in total. The fourth-order valence-electron chi connectivity index (χ4n) is 2.14. The molecule has 4 heteroatoms. The number of aryl methyl sites for hydroxylation is 1. The molecule has 0 saturated heterocycles. The first-order chi connectivity index (χ1) is 10.4. The summed E-state index contributed by atoms with van der Waals surface area (Å²) in [5.41, 5.74) is 2.72. The smallest absolute Gasteiger partial charge is 0.319 e. The lowest BCUT2D eigenvalue weighted by Crippen LogP contribution is -2.38. The molecule has 2 rings (SSSR count). The van der Waals surface area contributed by atoms with Crippen molar-refractivity contribution in [2.75, 3.05) is 11.9 Å². The molecular formula is C18H21ClN2O. The molecular weight excluding hydrogens is 296 g/mol. The summed E-state index contributed by atoms with van der Waals surface area (Å²) in [6.45, 7) is 6.67. The van der Waals surface area contributed by atoms with Crippen molar-refractivity contribution < 1.29 is 4.79 Å². The second kappa shape index (κ2) is 6.84. The van der Waals surface area contributed by atoms with Gasteiger partial charge in [0.1, 0.15) is 0 Å². The van der Waals surface area contributed by atoms with Crippen molar-refractivity contribution in [1.82, 2.24) is 5.32 Å². The van der Waals surface area contributed by atoms with Gasteiger partial charge < -0.3 is 10.6 Å². The van der Waals surface area contributed by atoms with Crippen LogP contribution in [0.15, 0.2) is 48.5 Å². The van der Waals surface area contributed by atoms with Crippen LogP contribution in [0.25, 0.3) is 0 Å². The molecule has 2 aromatic rings. The first-order valence-corrected chi connectivity index (χ1v) is 7.63. The van der Waals surface area contributed by atoms with Crippen molar-refractivity contribution in [3.05, 3.63) is 64.7 Å². The van der Waals surface area contributed by atoms with Crippen LogP contribution in [0, 0.1) is 6.92 Å². The van der Waals surface area contributed by atoms with E-state index in [1.807, 2.05) is 37.3 Å². The van der Waals surface area contributed by atoms with E-state index in [9.17, 15) is 4.79 Å². The molecule has 2 aromatic carbocycles. The van der Waals surface area contributed by atoms with Gasteiger partial charge in [-0.3, -0.25) is 0 Å². The van der Waals surface area contributed by atoms with Crippen LogP contribution in [-0.2, 0) is 5.41 Å². The Labute approximate surface area is 136 Å². The molecule has 22 heavy (non-hydrogen) atoms. The summed E-state index contributed by atoms with van der Waals surface area (Å²) >= 11 is 6.06. The van der Waals surface area contributed by atoms with Gasteiger partial charge in [0.25, 0.3) is 0 Å². The van der Waals surface area contributed by atoms with Crippen molar-refractivity contribution in [3.8, 4) is 0 Å². The Balaban J connectivity index is 1.93. The Hall–Kier alpha value is -2.00. The molecule has 0 radical (unpaired) electrons. The average molecular weight is 317 g/mol. The van der Waals surface area contributed by atoms with Crippen molar-refractivity contribution in [2.45, 2.75) is 26.2 Å². The van der Waals surface area contributed by atoms with Gasteiger partial charge in [-0.1, -0.05) is 61.8 Å². The lowest BCUT2D eigenvalue weighted by molar-refractivity contribution is 0.249. The van der Waals surface area contributed by atoms with Gasteiger partial charge in [0, 0.05) is 22.7 Å². The molecule has 0 bridgehead atoms. The first-order valence-electron chi connectivity index (χ1n) is 7.25. The Morgan fingerprint density at radius 1 is 1.14 bits per heavy atom. The van der Waals surface area contributed by atoms with Crippen molar-refractivity contribution in [3.63, 3.8) is 0 Å². The summed E-state index contributed by atoms with van der Waals surface area (Å²) in [5, 5.41) is 6.35. The molecule has 116 valence electrons. The minimum atomic E-state index is -0.232. The summed E-state index contributed by atoms with van der Waals surface area (Å²) in [4.78, 5) is 12.0. The maximum atomic E-state index is 12.0. The maximum absolute atomic E-state index is 12.0. The molecule has 0 atom stereocenters. The third kappa shape index (κ3) is 4.25. The second-order valence-electron chi connectivity index (χ2n) is 6.02. The molecule has 0 aromatic heterocycles. The number of hydrogen-bond acceptors (Lipinski definition) is 1. The Morgan fingerprint density at radius 3 is 2.45 bits per heavy atom. The topological polar surface area (TPSA) is 41.1 Å². The predicted molar refractivity (Wildman–Crippen MR) is 92.7 cm³/mol. The van der Waals surface area contributed by atoms with Crippen molar-refractivity contribution in [2.24, 2.45) is 0 Å². The monoisotopic (exact) mass is 316 g/mol. The van der Waals surface area contributed by atoms with Gasteiger partial charge in [-0.05, 0) is 30.2 Å². The van der Waals surface area contributed by atoms with Gasteiger partial charge in [-0.2, -0.15) is 0 Å². The molecule has 2 N–H and O–H groups in total. The maximum Gasteiger partial charge on any atom is 0.319 e. The highest BCUT2D eigenvalue weighted by molar-refractivity contribution is 6.31. The molecule has 0 fully saturated rings. The van der Waals surface area contributed by atoms with Crippen LogP contribution in [-0.4, -0.2) is 12.6 Å². The molecule has 0 saturated carbocycles. The highest BCUT2D eigenvalue weighted by Gasteiger charge is 2.21. The van der Waals surface area contributed by atoms with E-state index in [-0.39, 0.29) is 11.4 Å². The number of rotatable bonds is 4. The van der Waals surface area contributed by atoms with E-state index in [2.05, 4.69) is 36.6 Å². The van der Waals surface area contributed by atoms with Gasteiger partial charge in [-0.25, -0.2) is 4.79 Å². The number of anilines is 1. The Bertz CT molecular complexity index is 653. The van der Waals surface area contributed by atoms with Gasteiger partial charge in [0.05, 0.1) is 0 Å². The van der Waals surface area contributed by atoms with E-state index in [1.165, 1.54) is 5.56 Å². The normalized spacial score (nSPS) is 11.1.